The van der Waals surface area contributed by atoms with Crippen molar-refractivity contribution < 1.29 is 0 Å². The van der Waals surface area contributed by atoms with E-state index in [0.717, 1.165) is 6.42 Å². The molecule has 0 amide bonds. The van der Waals surface area contributed by atoms with Crippen LogP contribution in [0.1, 0.15) is 28.3 Å². The van der Waals surface area contributed by atoms with Crippen LogP contribution in [0.25, 0.3) is 0 Å². The molecule has 0 aliphatic rings. The van der Waals surface area contributed by atoms with Gasteiger partial charge >= 0.3 is 0 Å². The van der Waals surface area contributed by atoms with E-state index >= 15 is 0 Å². The van der Waals surface area contributed by atoms with Crippen LogP contribution in [0.5, 0.6) is 0 Å². The zero-order valence-corrected chi connectivity index (χ0v) is 12.9. The van der Waals surface area contributed by atoms with Crippen LogP contribution < -0.4 is 5.73 Å². The zero-order chi connectivity index (χ0) is 13.1. The zero-order valence-electron chi connectivity index (χ0n) is 10.8. The summed E-state index contributed by atoms with van der Waals surface area (Å²) in [6.07, 6.45) is 0.892. The maximum Gasteiger partial charge on any atom is 0.0335 e. The average Bonchev–Trinajstić information content (AvgIpc) is 2.28. The molecule has 0 radical (unpaired) electrons. The van der Waals surface area contributed by atoms with Gasteiger partial charge in [-0.3, -0.25) is 0 Å². The summed E-state index contributed by atoms with van der Waals surface area (Å²) in [5, 5.41) is 0. The molecule has 0 aliphatic carbocycles. The highest BCUT2D eigenvalue weighted by atomic mass is 127. The Labute approximate surface area is 123 Å². The number of hydrogen-bond donors (Lipinski definition) is 1. The number of rotatable bonds is 3. The van der Waals surface area contributed by atoms with Crippen molar-refractivity contribution in [1.29, 1.82) is 0 Å². The summed E-state index contributed by atoms with van der Waals surface area (Å²) in [6.45, 7) is 4.26. The van der Waals surface area contributed by atoms with Crippen molar-refractivity contribution in [2.24, 2.45) is 5.73 Å². The van der Waals surface area contributed by atoms with Gasteiger partial charge in [-0.15, -0.1) is 0 Å². The molecule has 0 aromatic heterocycles. The molecule has 2 aromatic rings. The molecule has 0 fully saturated rings. The topological polar surface area (TPSA) is 26.0 Å². The van der Waals surface area contributed by atoms with E-state index in [2.05, 4.69) is 78.9 Å². The van der Waals surface area contributed by atoms with E-state index in [1.165, 1.54) is 25.8 Å². The van der Waals surface area contributed by atoms with E-state index in [0.29, 0.717) is 0 Å². The molecule has 0 saturated heterocycles. The van der Waals surface area contributed by atoms with Gasteiger partial charge in [0, 0.05) is 9.61 Å². The van der Waals surface area contributed by atoms with Gasteiger partial charge in [0.15, 0.2) is 0 Å². The number of aryl methyl sites for hydroxylation is 2. The van der Waals surface area contributed by atoms with Gasteiger partial charge in [0.1, 0.15) is 0 Å². The lowest BCUT2D eigenvalue weighted by atomic mass is 9.97. The van der Waals surface area contributed by atoms with Crippen molar-refractivity contribution in [2.75, 3.05) is 0 Å². The standard InChI is InChI=1S/C16H18IN/c1-11-7-12(2)9-13(8-11)10-16(18)14-3-5-15(17)6-4-14/h3-9,16H,10,18H2,1-2H3. The monoisotopic (exact) mass is 351 g/mol. The Balaban J connectivity index is 2.15. The van der Waals surface area contributed by atoms with Gasteiger partial charge in [-0.05, 0) is 66.1 Å². The third-order valence-corrected chi connectivity index (χ3v) is 3.75. The first-order valence-electron chi connectivity index (χ1n) is 6.13. The molecule has 2 heteroatoms. The van der Waals surface area contributed by atoms with Crippen LogP contribution in [0.15, 0.2) is 42.5 Å². The second-order valence-electron chi connectivity index (χ2n) is 4.86. The van der Waals surface area contributed by atoms with Crippen molar-refractivity contribution in [1.82, 2.24) is 0 Å². The predicted molar refractivity (Wildman–Crippen MR) is 85.7 cm³/mol. The third-order valence-electron chi connectivity index (χ3n) is 3.04. The van der Waals surface area contributed by atoms with Crippen LogP contribution in [0.4, 0.5) is 0 Å². The largest absolute Gasteiger partial charge is 0.324 e. The quantitative estimate of drug-likeness (QED) is 0.826. The van der Waals surface area contributed by atoms with Crippen molar-refractivity contribution in [3.8, 4) is 0 Å². The summed E-state index contributed by atoms with van der Waals surface area (Å²) in [7, 11) is 0. The van der Waals surface area contributed by atoms with Gasteiger partial charge in [0.2, 0.25) is 0 Å². The van der Waals surface area contributed by atoms with E-state index in [4.69, 9.17) is 5.73 Å². The Bertz CT molecular complexity index is 511. The summed E-state index contributed by atoms with van der Waals surface area (Å²) in [4.78, 5) is 0. The fourth-order valence-electron chi connectivity index (χ4n) is 2.27. The molecule has 0 bridgehead atoms. The minimum Gasteiger partial charge on any atom is -0.324 e. The Morgan fingerprint density at radius 1 is 1.00 bits per heavy atom. The lowest BCUT2D eigenvalue weighted by molar-refractivity contribution is 0.721. The van der Waals surface area contributed by atoms with Gasteiger partial charge in [-0.25, -0.2) is 0 Å². The molecule has 2 N–H and O–H groups in total. The fourth-order valence-corrected chi connectivity index (χ4v) is 2.63. The maximum atomic E-state index is 6.27. The Kier molecular flexibility index (Phi) is 4.40. The van der Waals surface area contributed by atoms with E-state index in [1.54, 1.807) is 0 Å². The van der Waals surface area contributed by atoms with Crippen LogP contribution in [-0.2, 0) is 6.42 Å². The molecule has 94 valence electrons. The molecule has 0 spiro atoms. The first kappa shape index (κ1) is 13.6. The molecule has 18 heavy (non-hydrogen) atoms. The molecule has 1 unspecified atom stereocenters. The summed E-state index contributed by atoms with van der Waals surface area (Å²) in [6, 6.07) is 15.2. The number of benzene rings is 2. The maximum absolute atomic E-state index is 6.27. The van der Waals surface area contributed by atoms with Gasteiger partial charge < -0.3 is 5.73 Å². The molecule has 2 aromatic carbocycles. The number of halogens is 1. The molecule has 1 nitrogen and oxygen atoms in total. The SMILES string of the molecule is Cc1cc(C)cc(CC(N)c2ccc(I)cc2)c1. The van der Waals surface area contributed by atoms with Crippen molar-refractivity contribution in [3.05, 3.63) is 68.3 Å². The van der Waals surface area contributed by atoms with Gasteiger partial charge in [-0.2, -0.15) is 0 Å². The Morgan fingerprint density at radius 3 is 2.11 bits per heavy atom. The predicted octanol–water partition coefficient (Wildman–Crippen LogP) is 4.15. The first-order chi connectivity index (χ1) is 8.54. The van der Waals surface area contributed by atoms with Crippen LogP contribution in [0, 0.1) is 17.4 Å². The van der Waals surface area contributed by atoms with E-state index in [1.807, 2.05) is 0 Å². The van der Waals surface area contributed by atoms with Gasteiger partial charge in [0.25, 0.3) is 0 Å². The van der Waals surface area contributed by atoms with Crippen molar-refractivity contribution in [2.45, 2.75) is 26.3 Å². The van der Waals surface area contributed by atoms with Gasteiger partial charge in [0.05, 0.1) is 0 Å². The first-order valence-corrected chi connectivity index (χ1v) is 7.20. The second-order valence-corrected chi connectivity index (χ2v) is 6.10. The van der Waals surface area contributed by atoms with E-state index < -0.39 is 0 Å². The summed E-state index contributed by atoms with van der Waals surface area (Å²) >= 11 is 2.31. The lowest BCUT2D eigenvalue weighted by Gasteiger charge is -2.13. The minimum atomic E-state index is 0.0724. The third kappa shape index (κ3) is 3.56. The fraction of sp³-hybridized carbons (Fsp3) is 0.250. The van der Waals surface area contributed by atoms with Crippen molar-refractivity contribution in [3.63, 3.8) is 0 Å². The summed E-state index contributed by atoms with van der Waals surface area (Å²) < 4.78 is 1.25. The molecular formula is C16H18IN. The van der Waals surface area contributed by atoms with E-state index in [9.17, 15) is 0 Å². The van der Waals surface area contributed by atoms with Crippen LogP contribution >= 0.6 is 22.6 Å². The second kappa shape index (κ2) is 5.85. The molecule has 2 rings (SSSR count). The van der Waals surface area contributed by atoms with E-state index in [-0.39, 0.29) is 6.04 Å². The Hall–Kier alpha value is -0.870. The molecular weight excluding hydrogens is 333 g/mol. The highest BCUT2D eigenvalue weighted by Gasteiger charge is 2.07. The van der Waals surface area contributed by atoms with Crippen LogP contribution in [-0.4, -0.2) is 0 Å². The number of nitrogens with two attached hydrogens (primary N) is 1. The molecule has 0 heterocycles. The smallest absolute Gasteiger partial charge is 0.0335 e. The molecule has 0 aliphatic heterocycles. The Morgan fingerprint density at radius 2 is 1.56 bits per heavy atom. The van der Waals surface area contributed by atoms with Crippen molar-refractivity contribution >= 4 is 22.6 Å². The lowest BCUT2D eigenvalue weighted by Crippen LogP contribution is -2.13. The summed E-state index contributed by atoms with van der Waals surface area (Å²) in [5.41, 5.74) is 11.4. The summed E-state index contributed by atoms with van der Waals surface area (Å²) in [5.74, 6) is 0. The van der Waals surface area contributed by atoms with Gasteiger partial charge in [-0.1, -0.05) is 41.5 Å². The normalized spacial score (nSPS) is 12.4. The number of hydrogen-bond acceptors (Lipinski definition) is 1. The highest BCUT2D eigenvalue weighted by Crippen LogP contribution is 2.19. The molecule has 0 saturated carbocycles. The van der Waals surface area contributed by atoms with Crippen LogP contribution in [0.2, 0.25) is 0 Å². The molecule has 1 atom stereocenters. The highest BCUT2D eigenvalue weighted by molar-refractivity contribution is 14.1. The average molecular weight is 351 g/mol. The van der Waals surface area contributed by atoms with Crippen LogP contribution in [0.3, 0.4) is 0 Å². The minimum absolute atomic E-state index is 0.0724.